The summed E-state index contributed by atoms with van der Waals surface area (Å²) in [6.45, 7) is 9.02. The van der Waals surface area contributed by atoms with Crippen molar-refractivity contribution in [2.24, 2.45) is 10.8 Å². The molecule has 2 saturated heterocycles. The maximum atomic E-state index is 11.3. The van der Waals surface area contributed by atoms with Gasteiger partial charge in [-0.15, -0.1) is 11.8 Å². The molecule has 0 aromatic carbocycles. The molecule has 1 amide bonds. The van der Waals surface area contributed by atoms with E-state index < -0.39 is 6.09 Å². The molecule has 138 valence electrons. The zero-order valence-electron chi connectivity index (χ0n) is 15.5. The van der Waals surface area contributed by atoms with Gasteiger partial charge in [0.05, 0.1) is 0 Å². The van der Waals surface area contributed by atoms with Crippen LogP contribution in [0.5, 0.6) is 0 Å². The third-order valence-electron chi connectivity index (χ3n) is 5.70. The highest BCUT2D eigenvalue weighted by atomic mass is 32.2. The number of likely N-dealkylation sites (tertiary alicyclic amines) is 1. The number of anilines is 1. The van der Waals surface area contributed by atoms with Crippen LogP contribution in [0.1, 0.15) is 40.0 Å². The van der Waals surface area contributed by atoms with Gasteiger partial charge in [0, 0.05) is 43.0 Å². The zero-order chi connectivity index (χ0) is 18.2. The number of rotatable bonds is 2. The van der Waals surface area contributed by atoms with Crippen LogP contribution in [0.2, 0.25) is 0 Å². The highest BCUT2D eigenvalue weighted by molar-refractivity contribution is 7.98. The normalized spacial score (nSPS) is 23.3. The molecule has 1 N–H and O–H groups in total. The van der Waals surface area contributed by atoms with Crippen LogP contribution in [0.15, 0.2) is 17.3 Å². The summed E-state index contributed by atoms with van der Waals surface area (Å²) in [5.74, 6) is 0.801. The van der Waals surface area contributed by atoms with Gasteiger partial charge in [-0.1, -0.05) is 20.8 Å². The topological polar surface area (TPSA) is 69.6 Å². The lowest BCUT2D eigenvalue weighted by Gasteiger charge is -2.49. The van der Waals surface area contributed by atoms with Crippen LogP contribution in [0.4, 0.5) is 10.7 Å². The number of thioether (sulfide) groups is 1. The molecule has 1 spiro atoms. The summed E-state index contributed by atoms with van der Waals surface area (Å²) in [5, 5.41) is 9.27. The SMILES string of the molecule is CSc1cnc(N2CCC3(CCN(C(=O)O)CC3)C2C(C)(C)C)nc1. The van der Waals surface area contributed by atoms with E-state index in [1.807, 2.05) is 18.6 Å². The average molecular weight is 365 g/mol. The van der Waals surface area contributed by atoms with Gasteiger partial charge in [0.1, 0.15) is 0 Å². The lowest BCUT2D eigenvalue weighted by molar-refractivity contribution is 0.0569. The van der Waals surface area contributed by atoms with Crippen molar-refractivity contribution >= 4 is 23.8 Å². The number of hydrogen-bond donors (Lipinski definition) is 1. The first-order valence-electron chi connectivity index (χ1n) is 8.87. The molecular weight excluding hydrogens is 336 g/mol. The molecule has 6 nitrogen and oxygen atoms in total. The van der Waals surface area contributed by atoms with Crippen LogP contribution in [0.25, 0.3) is 0 Å². The molecule has 1 aromatic heterocycles. The molecule has 1 atom stereocenters. The predicted molar refractivity (Wildman–Crippen MR) is 100 cm³/mol. The average Bonchev–Trinajstić information content (AvgIpc) is 2.94. The second kappa shape index (κ2) is 6.67. The Morgan fingerprint density at radius 2 is 1.76 bits per heavy atom. The molecule has 25 heavy (non-hydrogen) atoms. The maximum Gasteiger partial charge on any atom is 0.407 e. The summed E-state index contributed by atoms with van der Waals surface area (Å²) < 4.78 is 0. The Bertz CT molecular complexity index is 621. The largest absolute Gasteiger partial charge is 0.465 e. The molecule has 0 bridgehead atoms. The van der Waals surface area contributed by atoms with Crippen LogP contribution in [-0.2, 0) is 0 Å². The number of hydrogen-bond acceptors (Lipinski definition) is 5. The third kappa shape index (κ3) is 3.43. The smallest absolute Gasteiger partial charge is 0.407 e. The zero-order valence-corrected chi connectivity index (χ0v) is 16.3. The van der Waals surface area contributed by atoms with Crippen LogP contribution < -0.4 is 4.90 Å². The Labute approximate surface area is 154 Å². The van der Waals surface area contributed by atoms with Crippen LogP contribution in [-0.4, -0.2) is 58.0 Å². The van der Waals surface area contributed by atoms with Crippen molar-refractivity contribution < 1.29 is 9.90 Å². The van der Waals surface area contributed by atoms with Crippen molar-refractivity contribution in [1.29, 1.82) is 0 Å². The van der Waals surface area contributed by atoms with Gasteiger partial charge in [-0.2, -0.15) is 0 Å². The second-order valence-corrected chi connectivity index (χ2v) is 9.15. The van der Waals surface area contributed by atoms with Crippen molar-refractivity contribution in [1.82, 2.24) is 14.9 Å². The van der Waals surface area contributed by atoms with E-state index in [1.165, 1.54) is 0 Å². The Morgan fingerprint density at radius 1 is 1.20 bits per heavy atom. The standard InChI is InChI=1S/C18H28N4O2S/c1-17(2,3)14-18(5-8-21(9-6-18)16(23)24)7-10-22(14)15-19-11-13(25-4)12-20-15/h11-12,14H,5-10H2,1-4H3,(H,23,24). The Morgan fingerprint density at radius 3 is 2.24 bits per heavy atom. The van der Waals surface area contributed by atoms with Gasteiger partial charge in [-0.05, 0) is 36.3 Å². The quantitative estimate of drug-likeness (QED) is 0.809. The van der Waals surface area contributed by atoms with E-state index in [-0.39, 0.29) is 10.8 Å². The van der Waals surface area contributed by atoms with Gasteiger partial charge in [0.25, 0.3) is 0 Å². The van der Waals surface area contributed by atoms with E-state index in [0.717, 1.165) is 36.7 Å². The summed E-state index contributed by atoms with van der Waals surface area (Å²) in [4.78, 5) is 25.5. The van der Waals surface area contributed by atoms with Gasteiger partial charge in [-0.3, -0.25) is 0 Å². The van der Waals surface area contributed by atoms with Crippen molar-refractivity contribution in [3.8, 4) is 0 Å². The fourth-order valence-corrected chi connectivity index (χ4v) is 5.09. The Hall–Kier alpha value is -1.50. The Balaban J connectivity index is 1.87. The maximum absolute atomic E-state index is 11.3. The summed E-state index contributed by atoms with van der Waals surface area (Å²) in [5.41, 5.74) is 0.217. The van der Waals surface area contributed by atoms with Gasteiger partial charge >= 0.3 is 6.09 Å². The van der Waals surface area contributed by atoms with Crippen molar-refractivity contribution in [2.45, 2.75) is 51.0 Å². The number of amides is 1. The van der Waals surface area contributed by atoms with Gasteiger partial charge in [0.15, 0.2) is 0 Å². The number of nitrogens with zero attached hydrogens (tertiary/aromatic N) is 4. The molecular formula is C18H28N4O2S. The second-order valence-electron chi connectivity index (χ2n) is 8.27. The molecule has 1 unspecified atom stereocenters. The van der Waals surface area contributed by atoms with Gasteiger partial charge in [0.2, 0.25) is 5.95 Å². The van der Waals surface area contributed by atoms with E-state index in [0.29, 0.717) is 19.1 Å². The molecule has 3 heterocycles. The van der Waals surface area contributed by atoms with Crippen molar-refractivity contribution in [3.05, 3.63) is 12.4 Å². The number of carbonyl (C=O) groups is 1. The Kier molecular flexibility index (Phi) is 4.88. The van der Waals surface area contributed by atoms with Crippen molar-refractivity contribution in [2.75, 3.05) is 30.8 Å². The van der Waals surface area contributed by atoms with Crippen LogP contribution in [0.3, 0.4) is 0 Å². The first-order chi connectivity index (χ1) is 11.8. The molecule has 2 aliphatic rings. The minimum atomic E-state index is -0.798. The van der Waals surface area contributed by atoms with Crippen molar-refractivity contribution in [3.63, 3.8) is 0 Å². The monoisotopic (exact) mass is 364 g/mol. The molecule has 2 aliphatic heterocycles. The summed E-state index contributed by atoms with van der Waals surface area (Å²) in [6.07, 6.45) is 7.93. The number of aromatic nitrogens is 2. The fraction of sp³-hybridized carbons (Fsp3) is 0.722. The van der Waals surface area contributed by atoms with Crippen LogP contribution >= 0.6 is 11.8 Å². The predicted octanol–water partition coefficient (Wildman–Crippen LogP) is 3.58. The molecule has 0 radical (unpaired) electrons. The van der Waals surface area contributed by atoms with E-state index in [1.54, 1.807) is 16.7 Å². The first-order valence-corrected chi connectivity index (χ1v) is 10.1. The third-order valence-corrected chi connectivity index (χ3v) is 6.38. The summed E-state index contributed by atoms with van der Waals surface area (Å²) in [7, 11) is 0. The minimum absolute atomic E-state index is 0.0728. The van der Waals surface area contributed by atoms with E-state index in [9.17, 15) is 9.90 Å². The fourth-order valence-electron chi connectivity index (χ4n) is 4.77. The van der Waals surface area contributed by atoms with E-state index in [2.05, 4.69) is 35.6 Å². The summed E-state index contributed by atoms with van der Waals surface area (Å²) in [6, 6.07) is 0.316. The molecule has 7 heteroatoms. The molecule has 2 fully saturated rings. The number of piperidine rings is 1. The minimum Gasteiger partial charge on any atom is -0.465 e. The van der Waals surface area contributed by atoms with Gasteiger partial charge in [-0.25, -0.2) is 14.8 Å². The highest BCUT2D eigenvalue weighted by Gasteiger charge is 2.54. The number of carboxylic acid groups (broad SMARTS) is 1. The first kappa shape index (κ1) is 18.3. The lowest BCUT2D eigenvalue weighted by Crippen LogP contribution is -2.53. The van der Waals surface area contributed by atoms with E-state index in [4.69, 9.17) is 0 Å². The molecule has 3 rings (SSSR count). The molecule has 0 saturated carbocycles. The molecule has 0 aliphatic carbocycles. The molecule has 1 aromatic rings. The van der Waals surface area contributed by atoms with Crippen LogP contribution in [0, 0.1) is 10.8 Å². The summed E-state index contributed by atoms with van der Waals surface area (Å²) >= 11 is 1.65. The highest BCUT2D eigenvalue weighted by Crippen LogP contribution is 2.52. The van der Waals surface area contributed by atoms with E-state index >= 15 is 0 Å². The lowest BCUT2D eigenvalue weighted by atomic mass is 9.64. The van der Waals surface area contributed by atoms with Gasteiger partial charge < -0.3 is 14.9 Å².